The highest BCUT2D eigenvalue weighted by molar-refractivity contribution is 5.96. The van der Waals surface area contributed by atoms with E-state index in [0.717, 1.165) is 36.0 Å². The lowest BCUT2D eigenvalue weighted by atomic mass is 10.1. The molecule has 3 aromatic heterocycles. The summed E-state index contributed by atoms with van der Waals surface area (Å²) in [6.45, 7) is 4.68. The summed E-state index contributed by atoms with van der Waals surface area (Å²) in [6, 6.07) is 10.5. The number of ether oxygens (including phenoxy) is 1. The first-order chi connectivity index (χ1) is 19.4. The van der Waals surface area contributed by atoms with Crippen LogP contribution in [0.3, 0.4) is 0 Å². The molecule has 1 fully saturated rings. The molecule has 0 unspecified atom stereocenters. The molecule has 6 rings (SSSR count). The third-order valence-corrected chi connectivity index (χ3v) is 7.24. The highest BCUT2D eigenvalue weighted by Crippen LogP contribution is 2.29. The van der Waals surface area contributed by atoms with E-state index < -0.39 is 5.82 Å². The van der Waals surface area contributed by atoms with Crippen molar-refractivity contribution in [3.8, 4) is 17.0 Å². The topological polar surface area (TPSA) is 92.8 Å². The van der Waals surface area contributed by atoms with Crippen LogP contribution in [-0.4, -0.2) is 68.0 Å². The summed E-state index contributed by atoms with van der Waals surface area (Å²) in [7, 11) is 3.41. The molecule has 1 saturated heterocycles. The molecule has 1 N–H and O–H groups in total. The number of nitrogens with one attached hydrogen (secondary N) is 1. The van der Waals surface area contributed by atoms with Gasteiger partial charge in [0, 0.05) is 74.8 Å². The number of methoxy groups -OCH3 is 1. The van der Waals surface area contributed by atoms with Gasteiger partial charge in [-0.05, 0) is 48.9 Å². The highest BCUT2D eigenvalue weighted by Gasteiger charge is 2.25. The number of benzene rings is 2. The minimum atomic E-state index is -0.442. The quantitative estimate of drug-likeness (QED) is 0.344. The Morgan fingerprint density at radius 3 is 2.50 bits per heavy atom. The number of piperazine rings is 1. The number of nitrogens with zero attached hydrogens (tertiary/aromatic N) is 7. The third kappa shape index (κ3) is 4.59. The second kappa shape index (κ2) is 10.3. The molecule has 40 heavy (non-hydrogen) atoms. The van der Waals surface area contributed by atoms with E-state index in [4.69, 9.17) is 4.74 Å². The van der Waals surface area contributed by atoms with E-state index in [9.17, 15) is 9.18 Å². The number of rotatable bonds is 6. The molecule has 0 saturated carbocycles. The minimum absolute atomic E-state index is 0.0217. The van der Waals surface area contributed by atoms with E-state index in [0.29, 0.717) is 35.7 Å². The van der Waals surface area contributed by atoms with Crippen LogP contribution in [0.4, 0.5) is 21.8 Å². The largest absolute Gasteiger partial charge is 0.494 e. The zero-order valence-corrected chi connectivity index (χ0v) is 22.5. The lowest BCUT2D eigenvalue weighted by Gasteiger charge is -2.35. The molecule has 1 aliphatic heterocycles. The lowest BCUT2D eigenvalue weighted by Crippen LogP contribution is -2.49. The maximum atomic E-state index is 14.3. The van der Waals surface area contributed by atoms with Gasteiger partial charge in [0.25, 0.3) is 5.91 Å². The van der Waals surface area contributed by atoms with E-state index in [1.807, 2.05) is 52.2 Å². The van der Waals surface area contributed by atoms with Gasteiger partial charge in [0.05, 0.1) is 19.0 Å². The zero-order valence-electron chi connectivity index (χ0n) is 22.5. The van der Waals surface area contributed by atoms with Crippen LogP contribution in [0.15, 0.2) is 67.4 Å². The number of amides is 1. The smallest absolute Gasteiger partial charge is 0.254 e. The van der Waals surface area contributed by atoms with E-state index >= 15 is 0 Å². The van der Waals surface area contributed by atoms with Crippen LogP contribution in [0.5, 0.6) is 5.75 Å². The predicted octanol–water partition coefficient (Wildman–Crippen LogP) is 4.29. The van der Waals surface area contributed by atoms with Crippen LogP contribution in [-0.2, 0) is 7.05 Å². The van der Waals surface area contributed by atoms with Crippen molar-refractivity contribution in [3.05, 3.63) is 84.3 Å². The summed E-state index contributed by atoms with van der Waals surface area (Å²) in [6.07, 6.45) is 8.84. The van der Waals surface area contributed by atoms with Crippen molar-refractivity contribution >= 4 is 29.0 Å². The van der Waals surface area contributed by atoms with Gasteiger partial charge in [0.1, 0.15) is 0 Å². The molecular weight excluding hydrogens is 511 g/mol. The first-order valence-corrected chi connectivity index (χ1v) is 13.0. The van der Waals surface area contributed by atoms with Crippen molar-refractivity contribution in [2.24, 2.45) is 7.05 Å². The number of aryl methyl sites for hydroxylation is 2. The molecular formula is C29H29FN8O2. The molecule has 0 atom stereocenters. The van der Waals surface area contributed by atoms with Gasteiger partial charge in [-0.15, -0.1) is 0 Å². The number of aromatic nitrogens is 5. The van der Waals surface area contributed by atoms with Gasteiger partial charge < -0.3 is 24.4 Å². The fraction of sp³-hybridized carbons (Fsp3) is 0.241. The molecule has 0 aliphatic carbocycles. The SMILES string of the molecule is COc1ccc(-c2cnc3c(Nc4ccc(C(=O)N5CCN(c6nccn6C)CC5)c(C)c4)nccn23)cc1F. The number of carbonyl (C=O) groups excluding carboxylic acids is 1. The molecule has 0 spiro atoms. The Hall–Kier alpha value is -4.93. The van der Waals surface area contributed by atoms with Crippen molar-refractivity contribution in [2.75, 3.05) is 43.5 Å². The maximum Gasteiger partial charge on any atom is 0.254 e. The summed E-state index contributed by atoms with van der Waals surface area (Å²) in [5.74, 6) is 1.23. The van der Waals surface area contributed by atoms with Crippen molar-refractivity contribution < 1.29 is 13.9 Å². The summed E-state index contributed by atoms with van der Waals surface area (Å²) < 4.78 is 23.2. The lowest BCUT2D eigenvalue weighted by molar-refractivity contribution is 0.0745. The van der Waals surface area contributed by atoms with Gasteiger partial charge in [0.2, 0.25) is 5.95 Å². The average molecular weight is 541 g/mol. The predicted molar refractivity (Wildman–Crippen MR) is 151 cm³/mol. The second-order valence-electron chi connectivity index (χ2n) is 9.73. The van der Waals surface area contributed by atoms with Crippen molar-refractivity contribution in [2.45, 2.75) is 6.92 Å². The van der Waals surface area contributed by atoms with Gasteiger partial charge in [-0.3, -0.25) is 9.20 Å². The van der Waals surface area contributed by atoms with Crippen LogP contribution in [0.1, 0.15) is 15.9 Å². The molecule has 1 amide bonds. The second-order valence-corrected chi connectivity index (χ2v) is 9.73. The van der Waals surface area contributed by atoms with E-state index in [2.05, 4.69) is 25.2 Å². The molecule has 4 heterocycles. The number of fused-ring (bicyclic) bond motifs is 1. The molecule has 0 bridgehead atoms. The highest BCUT2D eigenvalue weighted by atomic mass is 19.1. The standard InChI is InChI=1S/C29H29FN8O2/c1-19-16-21(5-6-22(19)28(39)36-12-14-37(15-13-36)29-32-8-10-35(29)2)34-26-27-33-18-24(38(27)11-9-31-26)20-4-7-25(40-3)23(30)17-20/h4-11,16-18H,12-15H2,1-3H3,(H,31,34). The van der Waals surface area contributed by atoms with Crippen LogP contribution in [0.25, 0.3) is 16.9 Å². The molecule has 0 radical (unpaired) electrons. The number of carbonyl (C=O) groups is 1. The van der Waals surface area contributed by atoms with E-state index in [1.54, 1.807) is 36.9 Å². The zero-order chi connectivity index (χ0) is 27.8. The van der Waals surface area contributed by atoms with Crippen LogP contribution < -0.4 is 15.0 Å². The third-order valence-electron chi connectivity index (χ3n) is 7.24. The van der Waals surface area contributed by atoms with Gasteiger partial charge in [-0.1, -0.05) is 0 Å². The number of imidazole rings is 2. The number of anilines is 3. The first kappa shape index (κ1) is 25.4. The minimum Gasteiger partial charge on any atom is -0.494 e. The Morgan fingerprint density at radius 2 is 1.80 bits per heavy atom. The van der Waals surface area contributed by atoms with Crippen molar-refractivity contribution in [1.29, 1.82) is 0 Å². The molecule has 5 aromatic rings. The normalized spacial score (nSPS) is 13.6. The van der Waals surface area contributed by atoms with Gasteiger partial charge >= 0.3 is 0 Å². The Kier molecular flexibility index (Phi) is 6.54. The fourth-order valence-electron chi connectivity index (χ4n) is 5.11. The Bertz CT molecular complexity index is 1700. The van der Waals surface area contributed by atoms with Crippen LogP contribution in [0, 0.1) is 12.7 Å². The molecule has 11 heteroatoms. The molecule has 10 nitrogen and oxygen atoms in total. The van der Waals surface area contributed by atoms with Gasteiger partial charge in [-0.2, -0.15) is 0 Å². The molecule has 1 aliphatic rings. The molecule has 204 valence electrons. The molecule has 2 aromatic carbocycles. The van der Waals surface area contributed by atoms with Gasteiger partial charge in [0.15, 0.2) is 23.0 Å². The fourth-order valence-corrected chi connectivity index (χ4v) is 5.11. The van der Waals surface area contributed by atoms with Crippen LogP contribution >= 0.6 is 0 Å². The Balaban J connectivity index is 1.18. The van der Waals surface area contributed by atoms with Gasteiger partial charge in [-0.25, -0.2) is 19.3 Å². The van der Waals surface area contributed by atoms with E-state index in [-0.39, 0.29) is 11.7 Å². The number of hydrogen-bond donors (Lipinski definition) is 1. The number of halogens is 1. The number of hydrogen-bond acceptors (Lipinski definition) is 7. The maximum absolute atomic E-state index is 14.3. The summed E-state index contributed by atoms with van der Waals surface area (Å²) in [4.78, 5) is 30.9. The average Bonchev–Trinajstić information content (AvgIpc) is 3.60. The van der Waals surface area contributed by atoms with Crippen LogP contribution in [0.2, 0.25) is 0 Å². The monoisotopic (exact) mass is 540 g/mol. The van der Waals surface area contributed by atoms with E-state index in [1.165, 1.54) is 13.2 Å². The summed E-state index contributed by atoms with van der Waals surface area (Å²) >= 11 is 0. The van der Waals surface area contributed by atoms with Crippen molar-refractivity contribution in [3.63, 3.8) is 0 Å². The Labute approximate surface area is 230 Å². The summed E-state index contributed by atoms with van der Waals surface area (Å²) in [5, 5.41) is 3.33. The summed E-state index contributed by atoms with van der Waals surface area (Å²) in [5.41, 5.74) is 4.31. The first-order valence-electron chi connectivity index (χ1n) is 13.0. The Morgan fingerprint density at radius 1 is 1.00 bits per heavy atom. The van der Waals surface area contributed by atoms with Crippen molar-refractivity contribution in [1.82, 2.24) is 28.8 Å².